The first-order chi connectivity index (χ1) is 13.0. The first-order valence-corrected chi connectivity index (χ1v) is 8.16. The number of anilines is 3. The summed E-state index contributed by atoms with van der Waals surface area (Å²) in [4.78, 5) is 32.0. The van der Waals surface area contributed by atoms with Crippen LogP contribution < -0.4 is 10.6 Å². The minimum atomic E-state index is -0.395. The molecule has 3 rings (SSSR count). The summed E-state index contributed by atoms with van der Waals surface area (Å²) in [6.07, 6.45) is 2.79. The van der Waals surface area contributed by atoms with Crippen molar-refractivity contribution in [2.75, 3.05) is 17.2 Å². The van der Waals surface area contributed by atoms with E-state index in [9.17, 15) is 9.59 Å². The van der Waals surface area contributed by atoms with Crippen molar-refractivity contribution in [1.82, 2.24) is 15.1 Å². The second-order valence-corrected chi connectivity index (χ2v) is 5.50. The van der Waals surface area contributed by atoms with Crippen molar-refractivity contribution in [3.8, 4) is 0 Å². The summed E-state index contributed by atoms with van der Waals surface area (Å²) in [6.45, 7) is 3.80. The van der Waals surface area contributed by atoms with Gasteiger partial charge >= 0.3 is 5.97 Å². The molecule has 2 aromatic heterocycles. The van der Waals surface area contributed by atoms with Gasteiger partial charge in [0.15, 0.2) is 5.82 Å². The van der Waals surface area contributed by atoms with E-state index in [1.165, 1.54) is 12.4 Å². The van der Waals surface area contributed by atoms with Gasteiger partial charge in [-0.05, 0) is 38.1 Å². The van der Waals surface area contributed by atoms with E-state index in [0.717, 1.165) is 0 Å². The average Bonchev–Trinajstić information content (AvgIpc) is 3.08. The molecule has 0 spiro atoms. The molecule has 2 heterocycles. The van der Waals surface area contributed by atoms with Crippen LogP contribution in [0.15, 0.2) is 47.2 Å². The Bertz CT molecular complexity index is 935. The summed E-state index contributed by atoms with van der Waals surface area (Å²) in [5.74, 6) is 0.454. The number of nitrogens with zero attached hydrogens (tertiary/aromatic N) is 3. The summed E-state index contributed by atoms with van der Waals surface area (Å²) in [6, 6.07) is 8.31. The molecule has 0 atom stereocenters. The molecule has 0 aliphatic carbocycles. The molecule has 27 heavy (non-hydrogen) atoms. The Balaban J connectivity index is 1.61. The first-order valence-electron chi connectivity index (χ1n) is 8.16. The number of aromatic nitrogens is 3. The molecule has 0 unspecified atom stereocenters. The van der Waals surface area contributed by atoms with Crippen molar-refractivity contribution in [3.63, 3.8) is 0 Å². The molecule has 2 N–H and O–H groups in total. The predicted molar refractivity (Wildman–Crippen MR) is 96.9 cm³/mol. The maximum Gasteiger partial charge on any atom is 0.338 e. The number of aryl methyl sites for hydroxylation is 1. The van der Waals surface area contributed by atoms with E-state index in [1.54, 1.807) is 44.2 Å². The van der Waals surface area contributed by atoms with Crippen molar-refractivity contribution < 1.29 is 18.8 Å². The third kappa shape index (κ3) is 4.66. The fourth-order valence-electron chi connectivity index (χ4n) is 2.16. The van der Waals surface area contributed by atoms with Crippen molar-refractivity contribution in [2.24, 2.45) is 0 Å². The Labute approximate surface area is 154 Å². The number of carbonyl (C=O) groups excluding carboxylic acids is 2. The second kappa shape index (κ2) is 8.09. The third-order valence-electron chi connectivity index (χ3n) is 3.44. The predicted octanol–water partition coefficient (Wildman–Crippen LogP) is 2.95. The van der Waals surface area contributed by atoms with Gasteiger partial charge in [0.05, 0.1) is 17.7 Å². The maximum atomic E-state index is 12.1. The van der Waals surface area contributed by atoms with E-state index < -0.39 is 5.91 Å². The summed E-state index contributed by atoms with van der Waals surface area (Å²) in [7, 11) is 0. The van der Waals surface area contributed by atoms with Gasteiger partial charge in [-0.15, -0.1) is 0 Å². The molecule has 0 saturated heterocycles. The lowest BCUT2D eigenvalue weighted by molar-refractivity contribution is 0.0526. The molecular weight excluding hydrogens is 350 g/mol. The van der Waals surface area contributed by atoms with Crippen LogP contribution in [0.1, 0.15) is 33.4 Å². The molecule has 0 saturated carbocycles. The molecule has 9 heteroatoms. The van der Waals surface area contributed by atoms with Crippen LogP contribution in [0.25, 0.3) is 0 Å². The van der Waals surface area contributed by atoms with Crippen LogP contribution in [0.5, 0.6) is 0 Å². The molecule has 0 radical (unpaired) electrons. The molecular formula is C18H17N5O4. The molecule has 138 valence electrons. The van der Waals surface area contributed by atoms with Crippen LogP contribution in [0.2, 0.25) is 0 Å². The van der Waals surface area contributed by atoms with Gasteiger partial charge in [-0.3, -0.25) is 4.79 Å². The lowest BCUT2D eigenvalue weighted by Crippen LogP contribution is -2.13. The van der Waals surface area contributed by atoms with Gasteiger partial charge in [0.2, 0.25) is 5.95 Å². The molecule has 0 aliphatic heterocycles. The molecule has 9 nitrogen and oxygen atoms in total. The number of hydrogen-bond donors (Lipinski definition) is 2. The van der Waals surface area contributed by atoms with Gasteiger partial charge in [-0.1, -0.05) is 5.16 Å². The van der Waals surface area contributed by atoms with Crippen molar-refractivity contribution in [2.45, 2.75) is 13.8 Å². The zero-order chi connectivity index (χ0) is 19.2. The van der Waals surface area contributed by atoms with E-state index in [2.05, 4.69) is 25.8 Å². The fourth-order valence-corrected chi connectivity index (χ4v) is 2.16. The van der Waals surface area contributed by atoms with Gasteiger partial charge < -0.3 is 19.9 Å². The van der Waals surface area contributed by atoms with Crippen molar-refractivity contribution in [1.29, 1.82) is 0 Å². The van der Waals surface area contributed by atoms with Gasteiger partial charge in [0.25, 0.3) is 5.91 Å². The highest BCUT2D eigenvalue weighted by molar-refractivity contribution is 6.03. The molecule has 1 aromatic carbocycles. The molecule has 1 amide bonds. The quantitative estimate of drug-likeness (QED) is 0.638. The minimum Gasteiger partial charge on any atom is -0.462 e. The summed E-state index contributed by atoms with van der Waals surface area (Å²) in [5, 5.41) is 9.27. The van der Waals surface area contributed by atoms with E-state index in [1.807, 2.05) is 0 Å². The van der Waals surface area contributed by atoms with Gasteiger partial charge in [-0.25, -0.2) is 14.8 Å². The van der Waals surface area contributed by atoms with Crippen LogP contribution in [0.4, 0.5) is 17.5 Å². The first kappa shape index (κ1) is 18.1. The van der Waals surface area contributed by atoms with E-state index in [-0.39, 0.29) is 11.5 Å². The Morgan fingerprint density at radius 2 is 1.81 bits per heavy atom. The van der Waals surface area contributed by atoms with Gasteiger partial charge in [-0.2, -0.15) is 0 Å². The number of hydrogen-bond acceptors (Lipinski definition) is 8. The summed E-state index contributed by atoms with van der Waals surface area (Å²) < 4.78 is 9.82. The standard InChI is InChI=1S/C18H17N5O4/c1-3-26-17(25)12-4-6-14(7-5-12)21-18-19-9-13(10-20-18)16(24)22-15-8-11(2)27-23-15/h4-10H,3H2,1-2H3,(H,19,20,21)(H,22,23,24). The number of amides is 1. The molecule has 0 aliphatic rings. The number of rotatable bonds is 6. The Kier molecular flexibility index (Phi) is 5.41. The van der Waals surface area contributed by atoms with Crippen LogP contribution in [-0.4, -0.2) is 33.6 Å². The number of benzene rings is 1. The molecule has 0 bridgehead atoms. The number of nitrogens with one attached hydrogen (secondary N) is 2. The smallest absolute Gasteiger partial charge is 0.338 e. The SMILES string of the molecule is CCOC(=O)c1ccc(Nc2ncc(C(=O)Nc3cc(C)on3)cn2)cc1. The Hall–Kier alpha value is -3.75. The zero-order valence-electron chi connectivity index (χ0n) is 14.7. The lowest BCUT2D eigenvalue weighted by Gasteiger charge is -2.07. The van der Waals surface area contributed by atoms with Crippen LogP contribution in [0.3, 0.4) is 0 Å². The monoisotopic (exact) mass is 367 g/mol. The van der Waals surface area contributed by atoms with Crippen molar-refractivity contribution in [3.05, 3.63) is 59.6 Å². The highest BCUT2D eigenvalue weighted by Gasteiger charge is 2.11. The highest BCUT2D eigenvalue weighted by atomic mass is 16.5. The fraction of sp³-hybridized carbons (Fsp3) is 0.167. The number of ether oxygens (including phenoxy) is 1. The van der Waals surface area contributed by atoms with Crippen molar-refractivity contribution >= 4 is 29.3 Å². The highest BCUT2D eigenvalue weighted by Crippen LogP contribution is 2.15. The minimum absolute atomic E-state index is 0.277. The third-order valence-corrected chi connectivity index (χ3v) is 3.44. The number of carbonyl (C=O) groups is 2. The van der Waals surface area contributed by atoms with E-state index >= 15 is 0 Å². The van der Waals surface area contributed by atoms with Crippen LogP contribution >= 0.6 is 0 Å². The summed E-state index contributed by atoms with van der Waals surface area (Å²) >= 11 is 0. The Morgan fingerprint density at radius 1 is 1.11 bits per heavy atom. The largest absolute Gasteiger partial charge is 0.462 e. The van der Waals surface area contributed by atoms with E-state index in [4.69, 9.17) is 9.26 Å². The lowest BCUT2D eigenvalue weighted by atomic mass is 10.2. The normalized spacial score (nSPS) is 10.3. The maximum absolute atomic E-state index is 12.1. The van der Waals surface area contributed by atoms with Crippen LogP contribution in [0, 0.1) is 6.92 Å². The molecule has 3 aromatic rings. The van der Waals surface area contributed by atoms with Gasteiger partial charge in [0, 0.05) is 24.1 Å². The summed E-state index contributed by atoms with van der Waals surface area (Å²) in [5.41, 5.74) is 1.43. The van der Waals surface area contributed by atoms with Gasteiger partial charge in [0.1, 0.15) is 5.76 Å². The molecule has 0 fully saturated rings. The zero-order valence-corrected chi connectivity index (χ0v) is 14.7. The topological polar surface area (TPSA) is 119 Å². The second-order valence-electron chi connectivity index (χ2n) is 5.50. The van der Waals surface area contributed by atoms with E-state index in [0.29, 0.717) is 35.4 Å². The van der Waals surface area contributed by atoms with Crippen LogP contribution in [-0.2, 0) is 4.74 Å². The number of esters is 1. The average molecular weight is 367 g/mol. The Morgan fingerprint density at radius 3 is 2.41 bits per heavy atom.